The third-order valence-electron chi connectivity index (χ3n) is 3.67. The fourth-order valence-electron chi connectivity index (χ4n) is 2.10. The number of methoxy groups -OCH3 is 1. The van der Waals surface area contributed by atoms with E-state index in [-0.39, 0.29) is 34.9 Å². The van der Waals surface area contributed by atoms with Crippen LogP contribution in [0.2, 0.25) is 0 Å². The van der Waals surface area contributed by atoms with E-state index in [4.69, 9.17) is 4.42 Å². The summed E-state index contributed by atoms with van der Waals surface area (Å²) in [7, 11) is 1.32. The highest BCUT2D eigenvalue weighted by Crippen LogP contribution is 2.23. The molecule has 2 aromatic rings. The largest absolute Gasteiger partial charge is 0.468 e. The van der Waals surface area contributed by atoms with Crippen LogP contribution in [0.4, 0.5) is 0 Å². The second-order valence-electron chi connectivity index (χ2n) is 6.75. The minimum Gasteiger partial charge on any atom is -0.468 e. The summed E-state index contributed by atoms with van der Waals surface area (Å²) in [5.41, 5.74) is 1.76. The average Bonchev–Trinajstić information content (AvgIpc) is 3.05. The second kappa shape index (κ2) is 8.35. The van der Waals surface area contributed by atoms with Crippen molar-refractivity contribution in [2.45, 2.75) is 50.1 Å². The van der Waals surface area contributed by atoms with Crippen LogP contribution in [0.5, 0.6) is 0 Å². The van der Waals surface area contributed by atoms with E-state index in [1.807, 2.05) is 12.1 Å². The number of ether oxygens (including phenoxy) is 1. The normalized spacial score (nSPS) is 12.5. The van der Waals surface area contributed by atoms with Crippen molar-refractivity contribution in [1.82, 2.24) is 15.5 Å². The molecular weight excluding hydrogens is 354 g/mol. The highest BCUT2D eigenvalue weighted by molar-refractivity contribution is 8.00. The van der Waals surface area contributed by atoms with Gasteiger partial charge in [-0.25, -0.2) is 0 Å². The maximum absolute atomic E-state index is 12.2. The molecule has 1 atom stereocenters. The molecule has 0 aliphatic heterocycles. The van der Waals surface area contributed by atoms with Crippen LogP contribution >= 0.6 is 11.8 Å². The molecule has 0 saturated heterocycles. The van der Waals surface area contributed by atoms with Gasteiger partial charge in [0.25, 0.3) is 11.1 Å². The molecule has 1 aromatic carbocycles. The maximum Gasteiger partial charge on any atom is 0.319 e. The number of benzene rings is 1. The highest BCUT2D eigenvalue weighted by atomic mass is 32.2. The van der Waals surface area contributed by atoms with Gasteiger partial charge in [-0.15, -0.1) is 10.2 Å². The van der Waals surface area contributed by atoms with Crippen LogP contribution in [-0.2, 0) is 21.5 Å². The number of nitrogens with zero attached hydrogens (tertiary/aromatic N) is 2. The zero-order chi connectivity index (χ0) is 19.3. The van der Waals surface area contributed by atoms with Gasteiger partial charge >= 0.3 is 5.97 Å². The Balaban J connectivity index is 1.90. The minimum atomic E-state index is -0.454. The molecule has 8 heteroatoms. The predicted molar refractivity (Wildman–Crippen MR) is 97.9 cm³/mol. The SMILES string of the molecule is COC(=O)[C@@H](C)Sc1nnc(CNC(=O)c2ccc(C(C)(C)C)cc2)o1. The number of esters is 1. The van der Waals surface area contributed by atoms with Gasteiger partial charge in [0.05, 0.1) is 13.7 Å². The summed E-state index contributed by atoms with van der Waals surface area (Å²) in [4.78, 5) is 23.6. The number of amides is 1. The van der Waals surface area contributed by atoms with E-state index in [0.29, 0.717) is 5.56 Å². The first-order valence-electron chi connectivity index (χ1n) is 8.16. The molecule has 2 rings (SSSR count). The van der Waals surface area contributed by atoms with Crippen molar-refractivity contribution in [3.8, 4) is 0 Å². The molecule has 1 aromatic heterocycles. The summed E-state index contributed by atoms with van der Waals surface area (Å²) < 4.78 is 10.1. The molecule has 140 valence electrons. The molecule has 0 radical (unpaired) electrons. The Morgan fingerprint density at radius 3 is 2.46 bits per heavy atom. The van der Waals surface area contributed by atoms with Gasteiger partial charge in [-0.1, -0.05) is 44.7 Å². The van der Waals surface area contributed by atoms with Crippen LogP contribution in [0.1, 0.15) is 49.5 Å². The third-order valence-corrected chi connectivity index (χ3v) is 4.58. The van der Waals surface area contributed by atoms with Gasteiger partial charge in [-0.2, -0.15) is 0 Å². The molecule has 0 aliphatic rings. The quantitative estimate of drug-likeness (QED) is 0.611. The Hall–Kier alpha value is -2.35. The number of carbonyl (C=O) groups excluding carboxylic acids is 2. The minimum absolute atomic E-state index is 0.0359. The average molecular weight is 377 g/mol. The second-order valence-corrected chi connectivity index (χ2v) is 8.05. The van der Waals surface area contributed by atoms with Crippen LogP contribution in [0, 0.1) is 0 Å². The Labute approximate surface area is 156 Å². The molecule has 1 heterocycles. The topological polar surface area (TPSA) is 94.3 Å². The highest BCUT2D eigenvalue weighted by Gasteiger charge is 2.19. The van der Waals surface area contributed by atoms with Crippen LogP contribution in [0.25, 0.3) is 0 Å². The summed E-state index contributed by atoms with van der Waals surface area (Å²) in [5.74, 6) is -0.327. The number of hydrogen-bond donors (Lipinski definition) is 1. The van der Waals surface area contributed by atoms with E-state index in [0.717, 1.165) is 17.3 Å². The van der Waals surface area contributed by atoms with E-state index >= 15 is 0 Å². The third kappa shape index (κ3) is 5.32. The van der Waals surface area contributed by atoms with Gasteiger partial charge in [0, 0.05) is 5.56 Å². The zero-order valence-electron chi connectivity index (χ0n) is 15.5. The van der Waals surface area contributed by atoms with Crippen molar-refractivity contribution in [2.75, 3.05) is 7.11 Å². The van der Waals surface area contributed by atoms with Crippen molar-refractivity contribution < 1.29 is 18.7 Å². The lowest BCUT2D eigenvalue weighted by Crippen LogP contribution is -2.23. The van der Waals surface area contributed by atoms with Crippen molar-refractivity contribution in [2.24, 2.45) is 0 Å². The maximum atomic E-state index is 12.2. The van der Waals surface area contributed by atoms with E-state index < -0.39 is 5.25 Å². The van der Waals surface area contributed by atoms with Crippen molar-refractivity contribution >= 4 is 23.6 Å². The molecule has 0 spiro atoms. The molecule has 26 heavy (non-hydrogen) atoms. The van der Waals surface area contributed by atoms with Gasteiger partial charge < -0.3 is 14.5 Å². The Kier molecular flexibility index (Phi) is 6.42. The van der Waals surface area contributed by atoms with Crippen LogP contribution in [0.3, 0.4) is 0 Å². The van der Waals surface area contributed by atoms with E-state index in [9.17, 15) is 9.59 Å². The summed E-state index contributed by atoms with van der Waals surface area (Å²) in [6.07, 6.45) is 0. The Morgan fingerprint density at radius 2 is 1.88 bits per heavy atom. The number of carbonyl (C=O) groups is 2. The first-order chi connectivity index (χ1) is 12.2. The molecular formula is C18H23N3O4S. The predicted octanol–water partition coefficient (Wildman–Crippen LogP) is 2.95. The van der Waals surface area contributed by atoms with Gasteiger partial charge in [-0.05, 0) is 30.0 Å². The van der Waals surface area contributed by atoms with Gasteiger partial charge in [0.15, 0.2) is 0 Å². The molecule has 0 bridgehead atoms. The molecule has 1 N–H and O–H groups in total. The lowest BCUT2D eigenvalue weighted by molar-refractivity contribution is -0.139. The lowest BCUT2D eigenvalue weighted by atomic mass is 9.87. The standard InChI is InChI=1S/C18H23N3O4S/c1-11(16(23)24-5)26-17-21-20-14(25-17)10-19-15(22)12-6-8-13(9-7-12)18(2,3)4/h6-9,11H,10H2,1-5H3,(H,19,22)/t11-/m1/s1. The molecule has 0 aliphatic carbocycles. The zero-order valence-corrected chi connectivity index (χ0v) is 16.3. The van der Waals surface area contributed by atoms with E-state index in [2.05, 4.69) is 41.0 Å². The fraction of sp³-hybridized carbons (Fsp3) is 0.444. The summed E-state index contributed by atoms with van der Waals surface area (Å²) >= 11 is 1.10. The number of nitrogens with one attached hydrogen (secondary N) is 1. The molecule has 1 amide bonds. The van der Waals surface area contributed by atoms with E-state index in [1.165, 1.54) is 7.11 Å². The smallest absolute Gasteiger partial charge is 0.319 e. The van der Waals surface area contributed by atoms with Crippen LogP contribution in [0.15, 0.2) is 33.9 Å². The molecule has 0 unspecified atom stereocenters. The van der Waals surface area contributed by atoms with Gasteiger partial charge in [-0.3, -0.25) is 9.59 Å². The van der Waals surface area contributed by atoms with Gasteiger partial charge in [0.1, 0.15) is 5.25 Å². The monoisotopic (exact) mass is 377 g/mol. The van der Waals surface area contributed by atoms with Crippen LogP contribution < -0.4 is 5.32 Å². The van der Waals surface area contributed by atoms with Crippen molar-refractivity contribution in [3.05, 3.63) is 41.3 Å². The number of aromatic nitrogens is 2. The lowest BCUT2D eigenvalue weighted by Gasteiger charge is -2.18. The van der Waals surface area contributed by atoms with Gasteiger partial charge in [0.2, 0.25) is 5.89 Å². The Morgan fingerprint density at radius 1 is 1.23 bits per heavy atom. The first kappa shape index (κ1) is 20.0. The first-order valence-corrected chi connectivity index (χ1v) is 9.04. The van der Waals surface area contributed by atoms with E-state index in [1.54, 1.807) is 19.1 Å². The summed E-state index contributed by atoms with van der Waals surface area (Å²) in [6.45, 7) is 8.15. The number of rotatable bonds is 6. The molecule has 7 nitrogen and oxygen atoms in total. The number of thioether (sulfide) groups is 1. The van der Waals surface area contributed by atoms with Crippen molar-refractivity contribution in [1.29, 1.82) is 0 Å². The molecule has 0 fully saturated rings. The summed E-state index contributed by atoms with van der Waals surface area (Å²) in [6, 6.07) is 7.49. The fourth-order valence-corrected chi connectivity index (χ4v) is 2.83. The number of hydrogen-bond acceptors (Lipinski definition) is 7. The van der Waals surface area contributed by atoms with Crippen LogP contribution in [-0.4, -0.2) is 34.4 Å². The Bertz CT molecular complexity index is 765. The molecule has 0 saturated carbocycles. The summed E-state index contributed by atoms with van der Waals surface area (Å²) in [5, 5.41) is 10.2. The van der Waals surface area contributed by atoms with Crippen molar-refractivity contribution in [3.63, 3.8) is 0 Å².